The van der Waals surface area contributed by atoms with Crippen molar-refractivity contribution in [1.82, 2.24) is 0 Å². The minimum absolute atomic E-state index is 0.299. The van der Waals surface area contributed by atoms with Crippen LogP contribution in [0.15, 0.2) is 224 Å². The second-order valence-corrected chi connectivity index (χ2v) is 16.7. The summed E-state index contributed by atoms with van der Waals surface area (Å²) in [6.45, 7) is 2.45. The van der Waals surface area contributed by atoms with Gasteiger partial charge in [0.1, 0.15) is 0 Å². The van der Waals surface area contributed by atoms with Crippen LogP contribution in [-0.2, 0) is 11.8 Å². The minimum Gasteiger partial charge on any atom is -0.314 e. The number of para-hydroxylation sites is 3. The third-order valence-electron chi connectivity index (χ3n) is 12.8. The van der Waals surface area contributed by atoms with E-state index in [4.69, 9.17) is 0 Å². The Hall–Kier alpha value is -7.42. The van der Waals surface area contributed by atoms with Crippen LogP contribution < -0.4 is 9.80 Å². The number of nitrogens with zero attached hydrogens (tertiary/aromatic N) is 2. The minimum atomic E-state index is -0.299. The fourth-order valence-electron chi connectivity index (χ4n) is 9.95. The van der Waals surface area contributed by atoms with Crippen molar-refractivity contribution in [3.05, 3.63) is 241 Å². The topological polar surface area (TPSA) is 6.48 Å². The molecule has 2 nitrogen and oxygen atoms in total. The standard InChI is InChI=1S/C59H46N2/c1-59(37-36-43-19-15-17-21-46(43)41-59)58-54-35-33-51(60(47-22-6-2-7-23-47)48-24-8-3-9-25-48)39-55(54)57(45-31-30-42-18-14-16-20-44(42)38-45)53-34-32-52(40-56(53)58)61(49-26-10-4-11-27-49)50-28-12-5-13-29-50/h2-8,10-24,26-40H,9,25,41H2,1H3. The molecule has 0 fully saturated rings. The third-order valence-corrected chi connectivity index (χ3v) is 12.8. The second kappa shape index (κ2) is 15.3. The lowest BCUT2D eigenvalue weighted by atomic mass is 9.69. The van der Waals surface area contributed by atoms with Crippen LogP contribution in [0, 0.1) is 0 Å². The first-order valence-electron chi connectivity index (χ1n) is 21.5. The highest BCUT2D eigenvalue weighted by molar-refractivity contribution is 6.18. The molecule has 2 aliphatic carbocycles. The van der Waals surface area contributed by atoms with Gasteiger partial charge in [0, 0.05) is 39.5 Å². The molecular weight excluding hydrogens is 737 g/mol. The monoisotopic (exact) mass is 782 g/mol. The molecule has 0 radical (unpaired) electrons. The molecule has 0 amide bonds. The van der Waals surface area contributed by atoms with Crippen molar-refractivity contribution in [3.8, 4) is 11.1 Å². The Kier molecular flexibility index (Phi) is 9.20. The molecule has 0 aliphatic heterocycles. The van der Waals surface area contributed by atoms with E-state index in [2.05, 4.69) is 241 Å². The van der Waals surface area contributed by atoms with Crippen LogP contribution in [0.5, 0.6) is 0 Å². The van der Waals surface area contributed by atoms with Crippen LogP contribution in [0.1, 0.15) is 36.5 Å². The molecule has 11 rings (SSSR count). The van der Waals surface area contributed by atoms with E-state index in [9.17, 15) is 0 Å². The van der Waals surface area contributed by atoms with E-state index >= 15 is 0 Å². The summed E-state index contributed by atoms with van der Waals surface area (Å²) in [6.07, 6.45) is 14.5. The van der Waals surface area contributed by atoms with Crippen LogP contribution in [-0.4, -0.2) is 0 Å². The Bertz CT molecular complexity index is 3140. The Balaban J connectivity index is 1.25. The fourth-order valence-corrected chi connectivity index (χ4v) is 9.95. The number of allylic oxidation sites excluding steroid dienone is 5. The summed E-state index contributed by atoms with van der Waals surface area (Å²) >= 11 is 0. The molecule has 2 aliphatic rings. The lowest BCUT2D eigenvalue weighted by molar-refractivity contribution is 0.597. The molecule has 0 bridgehead atoms. The van der Waals surface area contributed by atoms with Crippen molar-refractivity contribution >= 4 is 66.8 Å². The van der Waals surface area contributed by atoms with Crippen LogP contribution in [0.3, 0.4) is 0 Å². The summed E-state index contributed by atoms with van der Waals surface area (Å²) in [5.41, 5.74) is 13.2. The molecule has 0 aromatic heterocycles. The predicted molar refractivity (Wildman–Crippen MR) is 261 cm³/mol. The first-order chi connectivity index (χ1) is 30.1. The smallest absolute Gasteiger partial charge is 0.0468 e. The second-order valence-electron chi connectivity index (χ2n) is 16.7. The zero-order valence-electron chi connectivity index (χ0n) is 34.4. The Morgan fingerprint density at radius 3 is 1.79 bits per heavy atom. The molecule has 0 saturated carbocycles. The van der Waals surface area contributed by atoms with E-state index in [0.717, 1.165) is 36.3 Å². The maximum absolute atomic E-state index is 2.48. The highest BCUT2D eigenvalue weighted by Crippen LogP contribution is 2.50. The molecular formula is C59H46N2. The number of hydrogen-bond acceptors (Lipinski definition) is 2. The number of hydrogen-bond donors (Lipinski definition) is 0. The van der Waals surface area contributed by atoms with E-state index < -0.39 is 0 Å². The summed E-state index contributed by atoms with van der Waals surface area (Å²) in [6, 6.07) is 71.5. The molecule has 0 spiro atoms. The van der Waals surface area contributed by atoms with Gasteiger partial charge in [0.15, 0.2) is 0 Å². The van der Waals surface area contributed by atoms with Gasteiger partial charge in [-0.3, -0.25) is 0 Å². The molecule has 0 saturated heterocycles. The van der Waals surface area contributed by atoms with Gasteiger partial charge in [-0.25, -0.2) is 0 Å². The van der Waals surface area contributed by atoms with Gasteiger partial charge in [0.25, 0.3) is 0 Å². The molecule has 1 atom stereocenters. The Labute approximate surface area is 358 Å². The lowest BCUT2D eigenvalue weighted by Crippen LogP contribution is -2.26. The van der Waals surface area contributed by atoms with Crippen LogP contribution in [0.4, 0.5) is 28.4 Å². The highest BCUT2D eigenvalue weighted by Gasteiger charge is 2.33. The third kappa shape index (κ3) is 6.62. The van der Waals surface area contributed by atoms with Gasteiger partial charge in [-0.1, -0.05) is 159 Å². The van der Waals surface area contributed by atoms with E-state index in [1.807, 2.05) is 0 Å². The lowest BCUT2D eigenvalue weighted by Gasteiger charge is -2.35. The van der Waals surface area contributed by atoms with Gasteiger partial charge < -0.3 is 9.80 Å². The molecule has 9 aromatic carbocycles. The largest absolute Gasteiger partial charge is 0.314 e. The zero-order valence-corrected chi connectivity index (χ0v) is 34.4. The number of fused-ring (bicyclic) bond motifs is 4. The van der Waals surface area contributed by atoms with Crippen LogP contribution in [0.25, 0.3) is 49.5 Å². The number of rotatable bonds is 8. The predicted octanol–water partition coefficient (Wildman–Crippen LogP) is 16.2. The van der Waals surface area contributed by atoms with Gasteiger partial charge in [-0.15, -0.1) is 0 Å². The maximum Gasteiger partial charge on any atom is 0.0468 e. The SMILES string of the molecule is CC1(c2c3ccc(N(C4=CC=CCC4)c4ccccc4)cc3c(-c3ccc4ccccc4c3)c3ccc(N(c4ccccc4)c4ccccc4)cc23)C=Cc2ccccc2C1. The van der Waals surface area contributed by atoms with Crippen molar-refractivity contribution in [2.45, 2.75) is 31.6 Å². The number of anilines is 5. The van der Waals surface area contributed by atoms with Crippen LogP contribution in [0.2, 0.25) is 0 Å². The molecule has 0 N–H and O–H groups in total. The van der Waals surface area contributed by atoms with E-state index in [1.54, 1.807) is 0 Å². The zero-order chi connectivity index (χ0) is 40.8. The van der Waals surface area contributed by atoms with Crippen molar-refractivity contribution in [1.29, 1.82) is 0 Å². The molecule has 0 heterocycles. The van der Waals surface area contributed by atoms with Gasteiger partial charge >= 0.3 is 0 Å². The molecule has 9 aromatic rings. The normalized spacial score (nSPS) is 15.8. The molecule has 1 unspecified atom stereocenters. The van der Waals surface area contributed by atoms with Crippen molar-refractivity contribution in [2.75, 3.05) is 9.80 Å². The van der Waals surface area contributed by atoms with Gasteiger partial charge in [-0.2, -0.15) is 0 Å². The maximum atomic E-state index is 2.48. The fraction of sp³-hybridized carbons (Fsp3) is 0.0847. The Morgan fingerprint density at radius 1 is 0.475 bits per heavy atom. The van der Waals surface area contributed by atoms with Crippen molar-refractivity contribution < 1.29 is 0 Å². The summed E-state index contributed by atoms with van der Waals surface area (Å²) < 4.78 is 0. The summed E-state index contributed by atoms with van der Waals surface area (Å²) in [7, 11) is 0. The highest BCUT2D eigenvalue weighted by atomic mass is 15.2. The van der Waals surface area contributed by atoms with Gasteiger partial charge in [0.05, 0.1) is 0 Å². The van der Waals surface area contributed by atoms with Gasteiger partial charge in [-0.05, 0) is 152 Å². The van der Waals surface area contributed by atoms with E-state index in [0.29, 0.717) is 0 Å². The first-order valence-corrected chi connectivity index (χ1v) is 21.5. The van der Waals surface area contributed by atoms with Crippen LogP contribution >= 0.6 is 0 Å². The summed E-state index contributed by atoms with van der Waals surface area (Å²) in [5.74, 6) is 0. The average Bonchev–Trinajstić information content (AvgIpc) is 3.32. The molecule has 292 valence electrons. The summed E-state index contributed by atoms with van der Waals surface area (Å²) in [4.78, 5) is 4.86. The Morgan fingerprint density at radius 2 is 1.08 bits per heavy atom. The van der Waals surface area contributed by atoms with Crippen molar-refractivity contribution in [2.24, 2.45) is 0 Å². The van der Waals surface area contributed by atoms with E-state index in [1.165, 1.54) is 77.2 Å². The number of benzene rings is 9. The van der Waals surface area contributed by atoms with E-state index in [-0.39, 0.29) is 5.41 Å². The average molecular weight is 783 g/mol. The molecule has 2 heteroatoms. The quantitative estimate of drug-likeness (QED) is 0.142. The van der Waals surface area contributed by atoms with Crippen molar-refractivity contribution in [3.63, 3.8) is 0 Å². The summed E-state index contributed by atoms with van der Waals surface area (Å²) in [5, 5.41) is 7.53. The molecule has 61 heavy (non-hydrogen) atoms. The van der Waals surface area contributed by atoms with Gasteiger partial charge in [0.2, 0.25) is 0 Å². The first kappa shape index (κ1) is 36.6.